The van der Waals surface area contributed by atoms with Gasteiger partial charge in [0.05, 0.1) is 13.0 Å². The van der Waals surface area contributed by atoms with Crippen molar-refractivity contribution in [2.75, 3.05) is 33.4 Å². The predicted molar refractivity (Wildman–Crippen MR) is 105 cm³/mol. The van der Waals surface area contributed by atoms with Gasteiger partial charge in [-0.1, -0.05) is 12.8 Å². The molecule has 152 valence electrons. The minimum absolute atomic E-state index is 0.00955. The number of nitrogens with zero attached hydrogens (tertiary/aromatic N) is 1. The monoisotopic (exact) mass is 386 g/mol. The standard InChI is InChI=1S/C22H30N2O4/c1-27-18-8-6-16(7-9-18)21(26)24-14-19(20(25)23-17-4-2-3-5-17)22(15-24)10-12-28-13-11-22/h6-9,17,19H,2-5,10-15H2,1H3,(H,23,25). The lowest BCUT2D eigenvalue weighted by Gasteiger charge is -2.37. The highest BCUT2D eigenvalue weighted by atomic mass is 16.5. The summed E-state index contributed by atoms with van der Waals surface area (Å²) >= 11 is 0. The summed E-state index contributed by atoms with van der Waals surface area (Å²) in [5.41, 5.74) is 0.475. The van der Waals surface area contributed by atoms with E-state index < -0.39 is 0 Å². The van der Waals surface area contributed by atoms with Gasteiger partial charge in [-0.15, -0.1) is 0 Å². The van der Waals surface area contributed by atoms with Gasteiger partial charge in [0.1, 0.15) is 5.75 Å². The Morgan fingerprint density at radius 2 is 1.82 bits per heavy atom. The van der Waals surface area contributed by atoms with E-state index in [1.165, 1.54) is 12.8 Å². The number of methoxy groups -OCH3 is 1. The van der Waals surface area contributed by atoms with Crippen LogP contribution in [0.25, 0.3) is 0 Å². The number of likely N-dealkylation sites (tertiary alicyclic amines) is 1. The Balaban J connectivity index is 1.51. The van der Waals surface area contributed by atoms with Gasteiger partial charge in [-0.25, -0.2) is 0 Å². The smallest absolute Gasteiger partial charge is 0.253 e. The molecule has 2 heterocycles. The summed E-state index contributed by atoms with van der Waals surface area (Å²) in [6, 6.07) is 7.50. The van der Waals surface area contributed by atoms with Crippen molar-refractivity contribution in [2.45, 2.75) is 44.6 Å². The quantitative estimate of drug-likeness (QED) is 0.864. The highest BCUT2D eigenvalue weighted by molar-refractivity contribution is 5.95. The first-order chi connectivity index (χ1) is 13.6. The summed E-state index contributed by atoms with van der Waals surface area (Å²) in [5, 5.41) is 3.27. The van der Waals surface area contributed by atoms with Crippen LogP contribution in [0.15, 0.2) is 24.3 Å². The number of nitrogens with one attached hydrogen (secondary N) is 1. The summed E-state index contributed by atoms with van der Waals surface area (Å²) < 4.78 is 10.8. The van der Waals surface area contributed by atoms with Crippen molar-refractivity contribution in [2.24, 2.45) is 11.3 Å². The molecule has 2 amide bonds. The molecule has 3 aliphatic rings. The van der Waals surface area contributed by atoms with Crippen molar-refractivity contribution in [1.82, 2.24) is 10.2 Å². The number of amides is 2. The average molecular weight is 386 g/mol. The minimum Gasteiger partial charge on any atom is -0.497 e. The Morgan fingerprint density at radius 3 is 2.46 bits per heavy atom. The number of carbonyl (C=O) groups is 2. The molecule has 0 radical (unpaired) electrons. The van der Waals surface area contributed by atoms with Crippen molar-refractivity contribution < 1.29 is 19.1 Å². The molecule has 2 aliphatic heterocycles. The molecule has 1 N–H and O–H groups in total. The molecule has 1 aromatic rings. The first-order valence-electron chi connectivity index (χ1n) is 10.4. The van der Waals surface area contributed by atoms with Crippen molar-refractivity contribution in [3.8, 4) is 5.75 Å². The molecule has 6 heteroatoms. The van der Waals surface area contributed by atoms with E-state index in [2.05, 4.69) is 5.32 Å². The molecule has 1 aromatic carbocycles. The Morgan fingerprint density at radius 1 is 1.14 bits per heavy atom. The number of hydrogen-bond acceptors (Lipinski definition) is 4. The Kier molecular flexibility index (Phi) is 5.58. The summed E-state index contributed by atoms with van der Waals surface area (Å²) in [6.07, 6.45) is 6.20. The number of ether oxygens (including phenoxy) is 2. The van der Waals surface area contributed by atoms with Gasteiger partial charge in [0, 0.05) is 43.3 Å². The fourth-order valence-corrected chi connectivity index (χ4v) is 5.06. The molecule has 4 rings (SSSR count). The molecule has 1 saturated carbocycles. The Bertz CT molecular complexity index is 706. The number of benzene rings is 1. The highest BCUT2D eigenvalue weighted by Crippen LogP contribution is 2.45. The summed E-state index contributed by atoms with van der Waals surface area (Å²) in [6.45, 7) is 2.45. The fourth-order valence-electron chi connectivity index (χ4n) is 5.06. The average Bonchev–Trinajstić information content (AvgIpc) is 3.36. The molecule has 0 bridgehead atoms. The molecule has 3 fully saturated rings. The van der Waals surface area contributed by atoms with Crippen LogP contribution in [0, 0.1) is 11.3 Å². The van der Waals surface area contributed by atoms with E-state index >= 15 is 0 Å². The van der Waals surface area contributed by atoms with Crippen molar-refractivity contribution >= 4 is 11.8 Å². The van der Waals surface area contributed by atoms with Crippen LogP contribution < -0.4 is 10.1 Å². The third kappa shape index (κ3) is 3.75. The third-order valence-corrected chi connectivity index (χ3v) is 6.78. The van der Waals surface area contributed by atoms with Crippen molar-refractivity contribution in [3.63, 3.8) is 0 Å². The second-order valence-electron chi connectivity index (χ2n) is 8.43. The lowest BCUT2D eigenvalue weighted by molar-refractivity contribution is -0.130. The molecule has 1 atom stereocenters. The number of carbonyl (C=O) groups excluding carboxylic acids is 2. The van der Waals surface area contributed by atoms with Crippen LogP contribution in [0.3, 0.4) is 0 Å². The van der Waals surface area contributed by atoms with E-state index in [0.717, 1.165) is 31.4 Å². The van der Waals surface area contributed by atoms with Gasteiger partial charge in [0.15, 0.2) is 0 Å². The minimum atomic E-state index is -0.164. The summed E-state index contributed by atoms with van der Waals surface area (Å²) in [7, 11) is 1.61. The zero-order chi connectivity index (χ0) is 19.6. The van der Waals surface area contributed by atoms with Crippen LogP contribution in [0.5, 0.6) is 5.75 Å². The Hall–Kier alpha value is -2.08. The number of rotatable bonds is 4. The van der Waals surface area contributed by atoms with Crippen LogP contribution in [0.4, 0.5) is 0 Å². The molecule has 0 aromatic heterocycles. The molecule has 1 aliphatic carbocycles. The maximum atomic E-state index is 13.2. The first-order valence-corrected chi connectivity index (χ1v) is 10.4. The van der Waals surface area contributed by atoms with Crippen LogP contribution in [-0.4, -0.2) is 56.2 Å². The second-order valence-corrected chi connectivity index (χ2v) is 8.43. The van der Waals surface area contributed by atoms with Gasteiger partial charge in [-0.3, -0.25) is 9.59 Å². The van der Waals surface area contributed by atoms with Gasteiger partial charge in [-0.2, -0.15) is 0 Å². The van der Waals surface area contributed by atoms with E-state index in [0.29, 0.717) is 37.9 Å². The molecular weight excluding hydrogens is 356 g/mol. The van der Waals surface area contributed by atoms with Crippen LogP contribution in [0.1, 0.15) is 48.9 Å². The lowest BCUT2D eigenvalue weighted by Crippen LogP contribution is -2.46. The molecule has 28 heavy (non-hydrogen) atoms. The lowest BCUT2D eigenvalue weighted by atomic mass is 9.71. The maximum Gasteiger partial charge on any atom is 0.253 e. The first kappa shape index (κ1) is 19.2. The zero-order valence-electron chi connectivity index (χ0n) is 16.6. The van der Waals surface area contributed by atoms with Gasteiger partial charge in [-0.05, 0) is 49.9 Å². The topological polar surface area (TPSA) is 67.9 Å². The predicted octanol–water partition coefficient (Wildman–Crippen LogP) is 2.62. The third-order valence-electron chi connectivity index (χ3n) is 6.78. The van der Waals surface area contributed by atoms with E-state index in [4.69, 9.17) is 9.47 Å². The van der Waals surface area contributed by atoms with Gasteiger partial charge in [0.2, 0.25) is 5.91 Å². The molecular formula is C22H30N2O4. The summed E-state index contributed by atoms with van der Waals surface area (Å²) in [5.74, 6) is 0.690. The van der Waals surface area contributed by atoms with E-state index in [-0.39, 0.29) is 23.1 Å². The molecule has 6 nitrogen and oxygen atoms in total. The summed E-state index contributed by atoms with van der Waals surface area (Å²) in [4.78, 5) is 28.1. The van der Waals surface area contributed by atoms with Gasteiger partial charge >= 0.3 is 0 Å². The van der Waals surface area contributed by atoms with Crippen LogP contribution in [-0.2, 0) is 9.53 Å². The SMILES string of the molecule is COc1ccc(C(=O)N2CC(C(=O)NC3CCCC3)C3(CCOCC3)C2)cc1. The molecule has 1 spiro atoms. The molecule has 2 saturated heterocycles. The second kappa shape index (κ2) is 8.11. The van der Waals surface area contributed by atoms with E-state index in [9.17, 15) is 9.59 Å². The van der Waals surface area contributed by atoms with Crippen molar-refractivity contribution in [1.29, 1.82) is 0 Å². The van der Waals surface area contributed by atoms with Crippen LogP contribution >= 0.6 is 0 Å². The van der Waals surface area contributed by atoms with Crippen LogP contribution in [0.2, 0.25) is 0 Å². The van der Waals surface area contributed by atoms with Crippen molar-refractivity contribution in [3.05, 3.63) is 29.8 Å². The van der Waals surface area contributed by atoms with Gasteiger partial charge < -0.3 is 19.7 Å². The number of hydrogen-bond donors (Lipinski definition) is 1. The van der Waals surface area contributed by atoms with Gasteiger partial charge in [0.25, 0.3) is 5.91 Å². The Labute approximate surface area is 166 Å². The fraction of sp³-hybridized carbons (Fsp3) is 0.636. The highest BCUT2D eigenvalue weighted by Gasteiger charge is 2.52. The normalized spacial score (nSPS) is 24.5. The zero-order valence-corrected chi connectivity index (χ0v) is 16.6. The molecule has 1 unspecified atom stereocenters. The maximum absolute atomic E-state index is 13.2. The van der Waals surface area contributed by atoms with E-state index in [1.54, 1.807) is 31.4 Å². The van der Waals surface area contributed by atoms with E-state index in [1.807, 2.05) is 4.90 Å². The largest absolute Gasteiger partial charge is 0.497 e.